The lowest BCUT2D eigenvalue weighted by Crippen LogP contribution is -2.20. The highest BCUT2D eigenvalue weighted by Gasteiger charge is 2.10. The van der Waals surface area contributed by atoms with Crippen molar-refractivity contribution in [2.45, 2.75) is 0 Å². The molecule has 98 valence electrons. The molecular weight excluding hydrogens is 312 g/mol. The average molecular weight is 323 g/mol. The number of ether oxygens (including phenoxy) is 1. The van der Waals surface area contributed by atoms with Crippen molar-refractivity contribution >= 4 is 27.5 Å². The molecule has 19 heavy (non-hydrogen) atoms. The van der Waals surface area contributed by atoms with Gasteiger partial charge in [0.2, 0.25) is 0 Å². The normalized spacial score (nSPS) is 10.0. The van der Waals surface area contributed by atoms with E-state index in [9.17, 15) is 9.59 Å². The third-order valence-corrected chi connectivity index (χ3v) is 3.13. The second-order valence-corrected chi connectivity index (χ2v) is 4.58. The van der Waals surface area contributed by atoms with Crippen LogP contribution < -0.4 is 15.5 Å². The Kier molecular flexibility index (Phi) is 4.01. The molecule has 0 saturated heterocycles. The van der Waals surface area contributed by atoms with E-state index in [-0.39, 0.29) is 11.0 Å². The Morgan fingerprint density at radius 3 is 2.84 bits per heavy atom. The van der Waals surface area contributed by atoms with Crippen molar-refractivity contribution in [3.8, 4) is 5.75 Å². The van der Waals surface area contributed by atoms with Crippen LogP contribution in [0.25, 0.3) is 0 Å². The van der Waals surface area contributed by atoms with Gasteiger partial charge in [0.05, 0.1) is 11.6 Å². The number of hydrogen-bond donors (Lipinski definition) is 2. The topological polar surface area (TPSA) is 71.2 Å². The highest BCUT2D eigenvalue weighted by Crippen LogP contribution is 2.27. The summed E-state index contributed by atoms with van der Waals surface area (Å²) in [4.78, 5) is 26.2. The van der Waals surface area contributed by atoms with Gasteiger partial charge in [0, 0.05) is 30.2 Å². The van der Waals surface area contributed by atoms with Gasteiger partial charge in [-0.05, 0) is 28.1 Å². The standard InChI is InChI=1S/C13H11BrN2O3/c1-19-12-6-8(2-3-10(12)14)16-13(18)9-7-15-5-4-11(9)17/h2-7H,1H3,(H,15,17)(H,16,18). The van der Waals surface area contributed by atoms with Gasteiger partial charge in [-0.25, -0.2) is 0 Å². The van der Waals surface area contributed by atoms with Crippen molar-refractivity contribution in [2.24, 2.45) is 0 Å². The molecular formula is C13H11BrN2O3. The molecule has 0 spiro atoms. The predicted molar refractivity (Wildman–Crippen MR) is 75.7 cm³/mol. The molecule has 0 atom stereocenters. The third-order valence-electron chi connectivity index (χ3n) is 2.48. The molecule has 5 nitrogen and oxygen atoms in total. The van der Waals surface area contributed by atoms with Crippen LogP contribution in [0.4, 0.5) is 5.69 Å². The number of hydrogen-bond acceptors (Lipinski definition) is 3. The van der Waals surface area contributed by atoms with Crippen LogP contribution in [0.2, 0.25) is 0 Å². The maximum Gasteiger partial charge on any atom is 0.261 e. The van der Waals surface area contributed by atoms with Crippen LogP contribution in [-0.2, 0) is 0 Å². The fourth-order valence-corrected chi connectivity index (χ4v) is 1.94. The number of H-pyrrole nitrogens is 1. The number of anilines is 1. The Bertz CT molecular complexity index is 667. The third kappa shape index (κ3) is 3.03. The molecule has 0 radical (unpaired) electrons. The zero-order chi connectivity index (χ0) is 13.8. The molecule has 0 unspecified atom stereocenters. The zero-order valence-electron chi connectivity index (χ0n) is 10.1. The van der Waals surface area contributed by atoms with Crippen molar-refractivity contribution in [3.05, 3.63) is 56.9 Å². The van der Waals surface area contributed by atoms with E-state index < -0.39 is 5.91 Å². The lowest BCUT2D eigenvalue weighted by atomic mass is 10.2. The first kappa shape index (κ1) is 13.4. The molecule has 1 aromatic heterocycles. The quantitative estimate of drug-likeness (QED) is 0.911. The van der Waals surface area contributed by atoms with Crippen LogP contribution in [0.15, 0.2) is 45.9 Å². The minimum absolute atomic E-state index is 0.0596. The lowest BCUT2D eigenvalue weighted by Gasteiger charge is -2.08. The second-order valence-electron chi connectivity index (χ2n) is 3.73. The lowest BCUT2D eigenvalue weighted by molar-refractivity contribution is 0.102. The molecule has 6 heteroatoms. The molecule has 2 N–H and O–H groups in total. The van der Waals surface area contributed by atoms with E-state index in [1.807, 2.05) is 0 Å². The molecule has 0 fully saturated rings. The minimum atomic E-state index is -0.466. The van der Waals surface area contributed by atoms with E-state index in [1.165, 1.54) is 25.6 Å². The fraction of sp³-hybridized carbons (Fsp3) is 0.0769. The van der Waals surface area contributed by atoms with Crippen LogP contribution in [-0.4, -0.2) is 18.0 Å². The van der Waals surface area contributed by atoms with Gasteiger partial charge >= 0.3 is 0 Å². The molecule has 0 bridgehead atoms. The highest BCUT2D eigenvalue weighted by atomic mass is 79.9. The summed E-state index contributed by atoms with van der Waals surface area (Å²) >= 11 is 3.32. The Hall–Kier alpha value is -2.08. The van der Waals surface area contributed by atoms with Crippen molar-refractivity contribution in [2.75, 3.05) is 12.4 Å². The van der Waals surface area contributed by atoms with Crippen LogP contribution in [0.5, 0.6) is 5.75 Å². The Labute approximate surface area is 117 Å². The number of aromatic nitrogens is 1. The van der Waals surface area contributed by atoms with Gasteiger partial charge in [0.15, 0.2) is 5.43 Å². The van der Waals surface area contributed by atoms with Crippen LogP contribution in [0.3, 0.4) is 0 Å². The van der Waals surface area contributed by atoms with Crippen LogP contribution in [0, 0.1) is 0 Å². The van der Waals surface area contributed by atoms with Gasteiger partial charge in [0.1, 0.15) is 11.3 Å². The molecule has 2 aromatic rings. The smallest absolute Gasteiger partial charge is 0.261 e. The molecule has 2 rings (SSSR count). The first-order valence-corrected chi connectivity index (χ1v) is 6.23. The number of methoxy groups -OCH3 is 1. The molecule has 0 saturated carbocycles. The van der Waals surface area contributed by atoms with Gasteiger partial charge in [-0.1, -0.05) is 0 Å². The van der Waals surface area contributed by atoms with Crippen molar-refractivity contribution in [1.82, 2.24) is 4.98 Å². The van der Waals surface area contributed by atoms with E-state index in [4.69, 9.17) is 4.74 Å². The van der Waals surface area contributed by atoms with Crippen LogP contribution >= 0.6 is 15.9 Å². The van der Waals surface area contributed by atoms with Crippen molar-refractivity contribution < 1.29 is 9.53 Å². The second kappa shape index (κ2) is 5.71. The molecule has 0 aliphatic carbocycles. The summed E-state index contributed by atoms with van der Waals surface area (Å²) in [6.07, 6.45) is 2.84. The summed E-state index contributed by atoms with van der Waals surface area (Å²) in [5, 5.41) is 2.64. The molecule has 1 heterocycles. The predicted octanol–water partition coefficient (Wildman–Crippen LogP) is 2.40. The van der Waals surface area contributed by atoms with E-state index in [1.54, 1.807) is 18.2 Å². The summed E-state index contributed by atoms with van der Waals surface area (Å²) in [6.45, 7) is 0. The average Bonchev–Trinajstić information content (AvgIpc) is 2.41. The molecule has 0 aliphatic rings. The van der Waals surface area contributed by atoms with Gasteiger partial charge in [-0.3, -0.25) is 9.59 Å². The number of benzene rings is 1. The fourth-order valence-electron chi connectivity index (χ4n) is 1.53. The first-order valence-electron chi connectivity index (χ1n) is 5.44. The Morgan fingerprint density at radius 1 is 1.37 bits per heavy atom. The zero-order valence-corrected chi connectivity index (χ0v) is 11.7. The van der Waals surface area contributed by atoms with E-state index in [0.717, 1.165) is 4.47 Å². The minimum Gasteiger partial charge on any atom is -0.495 e. The van der Waals surface area contributed by atoms with Gasteiger partial charge in [-0.15, -0.1) is 0 Å². The largest absolute Gasteiger partial charge is 0.495 e. The number of halogens is 1. The van der Waals surface area contributed by atoms with E-state index >= 15 is 0 Å². The number of nitrogens with one attached hydrogen (secondary N) is 2. The van der Waals surface area contributed by atoms with Crippen molar-refractivity contribution in [3.63, 3.8) is 0 Å². The Morgan fingerprint density at radius 2 is 2.16 bits per heavy atom. The molecule has 0 aliphatic heterocycles. The van der Waals surface area contributed by atoms with Gasteiger partial charge in [-0.2, -0.15) is 0 Å². The van der Waals surface area contributed by atoms with Gasteiger partial charge in [0.25, 0.3) is 5.91 Å². The number of carbonyl (C=O) groups is 1. The summed E-state index contributed by atoms with van der Waals surface area (Å²) < 4.78 is 5.91. The monoisotopic (exact) mass is 322 g/mol. The summed E-state index contributed by atoms with van der Waals surface area (Å²) in [5.74, 6) is 0.131. The van der Waals surface area contributed by atoms with E-state index in [2.05, 4.69) is 26.2 Å². The maximum atomic E-state index is 11.9. The summed E-state index contributed by atoms with van der Waals surface area (Å²) in [5.41, 5.74) is 0.276. The first-order chi connectivity index (χ1) is 9.11. The maximum absolute atomic E-state index is 11.9. The number of carbonyl (C=O) groups excluding carboxylic acids is 1. The Balaban J connectivity index is 2.25. The van der Waals surface area contributed by atoms with E-state index in [0.29, 0.717) is 11.4 Å². The summed E-state index contributed by atoms with van der Waals surface area (Å²) in [6, 6.07) is 6.43. The number of rotatable bonds is 3. The van der Waals surface area contributed by atoms with Crippen molar-refractivity contribution in [1.29, 1.82) is 0 Å². The number of aromatic amines is 1. The number of amides is 1. The van der Waals surface area contributed by atoms with Gasteiger partial charge < -0.3 is 15.0 Å². The SMILES string of the molecule is COc1cc(NC(=O)c2c[nH]ccc2=O)ccc1Br. The highest BCUT2D eigenvalue weighted by molar-refractivity contribution is 9.10. The number of pyridine rings is 1. The summed E-state index contributed by atoms with van der Waals surface area (Å²) in [7, 11) is 1.54. The molecule has 1 aromatic carbocycles. The van der Waals surface area contributed by atoms with Crippen LogP contribution in [0.1, 0.15) is 10.4 Å². The molecule has 1 amide bonds.